The van der Waals surface area contributed by atoms with Gasteiger partial charge in [-0.2, -0.15) is 0 Å². The molecule has 1 radical (unpaired) electrons. The maximum absolute atomic E-state index is 13.0. The quantitative estimate of drug-likeness (QED) is 0.492. The molecule has 5 nitrogen and oxygen atoms in total. The van der Waals surface area contributed by atoms with Gasteiger partial charge in [0.05, 0.1) is 9.79 Å². The van der Waals surface area contributed by atoms with E-state index in [0.717, 1.165) is 21.8 Å². The van der Waals surface area contributed by atoms with Crippen LogP contribution in [0.1, 0.15) is 11.1 Å². The van der Waals surface area contributed by atoms with Gasteiger partial charge in [0.2, 0.25) is 9.84 Å². The van der Waals surface area contributed by atoms with Crippen LogP contribution in [0.2, 0.25) is 0 Å². The van der Waals surface area contributed by atoms with Crippen molar-refractivity contribution in [2.75, 3.05) is 0 Å². The van der Waals surface area contributed by atoms with Crippen LogP contribution in [-0.4, -0.2) is 18.4 Å². The Balaban J connectivity index is 1.80. The summed E-state index contributed by atoms with van der Waals surface area (Å²) in [5.74, 6) is 1.28. The van der Waals surface area contributed by atoms with E-state index in [9.17, 15) is 8.42 Å². The molecule has 0 aliphatic carbocycles. The molecule has 0 saturated carbocycles. The summed E-state index contributed by atoms with van der Waals surface area (Å²) in [6, 6.07) is 12.1. The van der Waals surface area contributed by atoms with Crippen LogP contribution in [0, 0.1) is 13.8 Å². The molecule has 0 atom stereocenters. The van der Waals surface area contributed by atoms with E-state index in [4.69, 9.17) is 17.4 Å². The summed E-state index contributed by atoms with van der Waals surface area (Å²) in [6.45, 7) is 3.87. The first-order valence-corrected chi connectivity index (χ1v) is 10.5. The Morgan fingerprint density at radius 2 is 1.68 bits per heavy atom. The Morgan fingerprint density at radius 3 is 2.36 bits per heavy atom. The van der Waals surface area contributed by atoms with Gasteiger partial charge in [0, 0.05) is 34.4 Å². The van der Waals surface area contributed by atoms with E-state index in [1.807, 2.05) is 38.1 Å². The van der Waals surface area contributed by atoms with Crippen molar-refractivity contribution in [3.8, 4) is 11.5 Å². The predicted molar refractivity (Wildman–Crippen MR) is 110 cm³/mol. The minimum Gasteiger partial charge on any atom is -0.457 e. The van der Waals surface area contributed by atoms with Gasteiger partial charge in [-0.1, -0.05) is 12.6 Å². The zero-order valence-electron chi connectivity index (χ0n) is 15.3. The molecule has 141 valence electrons. The summed E-state index contributed by atoms with van der Waals surface area (Å²) in [5.41, 5.74) is 2.59. The maximum atomic E-state index is 13.0. The molecule has 0 saturated heterocycles. The van der Waals surface area contributed by atoms with E-state index in [0.29, 0.717) is 16.7 Å². The molecule has 0 amide bonds. The Labute approximate surface area is 168 Å². The summed E-state index contributed by atoms with van der Waals surface area (Å²) >= 11 is 5.24. The largest absolute Gasteiger partial charge is 0.457 e. The molecule has 2 aromatic carbocycles. The number of hydrogen-bond acceptors (Lipinski definition) is 4. The first-order valence-electron chi connectivity index (χ1n) is 8.58. The molecule has 4 rings (SSSR count). The fraction of sp³-hybridized carbons (Fsp3) is 0.0952. The van der Waals surface area contributed by atoms with Crippen LogP contribution in [0.15, 0.2) is 75.7 Å². The van der Waals surface area contributed by atoms with Gasteiger partial charge in [-0.05, 0) is 67.4 Å². The van der Waals surface area contributed by atoms with Crippen LogP contribution in [-0.2, 0) is 9.84 Å². The molecule has 1 N–H and O–H groups in total. The van der Waals surface area contributed by atoms with Gasteiger partial charge in [-0.25, -0.2) is 8.42 Å². The third-order valence-electron chi connectivity index (χ3n) is 4.52. The summed E-state index contributed by atoms with van der Waals surface area (Å²) in [5, 5.41) is 0.574. The molecular formula is C21H17N2O3S2. The van der Waals surface area contributed by atoms with Crippen molar-refractivity contribution in [1.29, 1.82) is 0 Å². The van der Waals surface area contributed by atoms with Crippen molar-refractivity contribution in [1.82, 2.24) is 9.97 Å². The number of aromatic nitrogens is 2. The normalized spacial score (nSPS) is 11.6. The molecule has 2 aromatic heterocycles. The number of ether oxygens (including phenoxy) is 1. The van der Waals surface area contributed by atoms with Gasteiger partial charge >= 0.3 is 0 Å². The van der Waals surface area contributed by atoms with Gasteiger partial charge < -0.3 is 9.72 Å². The number of hydrogen-bond donors (Lipinski definition) is 1. The minimum absolute atomic E-state index is 0.197. The highest BCUT2D eigenvalue weighted by molar-refractivity contribution is 7.91. The molecule has 0 unspecified atom stereocenters. The SMILES string of the molecule is Cc1cc([S])cc(C)c1Oc1ccc2[nH]cc(S(=O)(=O)c3ccncc3)c2c1. The van der Waals surface area contributed by atoms with Crippen molar-refractivity contribution in [3.05, 3.63) is 72.2 Å². The number of aromatic amines is 1. The highest BCUT2D eigenvalue weighted by atomic mass is 32.2. The third-order valence-corrected chi connectivity index (χ3v) is 6.56. The van der Waals surface area contributed by atoms with Crippen molar-refractivity contribution in [2.24, 2.45) is 0 Å². The molecule has 7 heteroatoms. The van der Waals surface area contributed by atoms with E-state index in [1.165, 1.54) is 30.7 Å². The van der Waals surface area contributed by atoms with E-state index in [2.05, 4.69) is 9.97 Å². The molecule has 0 bridgehead atoms. The number of nitrogens with one attached hydrogen (secondary N) is 1. The lowest BCUT2D eigenvalue weighted by atomic mass is 10.1. The van der Waals surface area contributed by atoms with E-state index >= 15 is 0 Å². The molecule has 2 heterocycles. The van der Waals surface area contributed by atoms with Gasteiger partial charge in [-0.3, -0.25) is 4.98 Å². The number of sulfone groups is 1. The van der Waals surface area contributed by atoms with E-state index in [-0.39, 0.29) is 9.79 Å². The average Bonchev–Trinajstić information content (AvgIpc) is 3.09. The average molecular weight is 410 g/mol. The maximum Gasteiger partial charge on any atom is 0.208 e. The van der Waals surface area contributed by atoms with Gasteiger partial charge in [0.25, 0.3) is 0 Å². The fourth-order valence-corrected chi connectivity index (χ4v) is 4.95. The highest BCUT2D eigenvalue weighted by Gasteiger charge is 2.22. The summed E-state index contributed by atoms with van der Waals surface area (Å²) in [6.07, 6.45) is 4.43. The summed E-state index contributed by atoms with van der Waals surface area (Å²) in [7, 11) is -3.67. The van der Waals surface area contributed by atoms with Crippen LogP contribution in [0.3, 0.4) is 0 Å². The second-order valence-electron chi connectivity index (χ2n) is 6.53. The van der Waals surface area contributed by atoms with Crippen LogP contribution in [0.4, 0.5) is 0 Å². The van der Waals surface area contributed by atoms with Gasteiger partial charge in [-0.15, -0.1) is 0 Å². The van der Waals surface area contributed by atoms with E-state index < -0.39 is 9.84 Å². The molecule has 28 heavy (non-hydrogen) atoms. The van der Waals surface area contributed by atoms with Crippen LogP contribution < -0.4 is 4.74 Å². The topological polar surface area (TPSA) is 72.1 Å². The van der Waals surface area contributed by atoms with Crippen molar-refractivity contribution in [3.63, 3.8) is 0 Å². The predicted octanol–water partition coefficient (Wildman–Crippen LogP) is 5.36. The minimum atomic E-state index is -3.67. The standard InChI is InChI=1S/C21H17N2O3S2/c1-13-9-16(27)10-14(2)21(13)26-15-3-4-19-18(11-15)20(12-23-19)28(24,25)17-5-7-22-8-6-17/h3-12,23H,1-2H3. The number of pyridine rings is 1. The lowest BCUT2D eigenvalue weighted by molar-refractivity contribution is 0.475. The smallest absolute Gasteiger partial charge is 0.208 e. The first kappa shape index (κ1) is 18.5. The molecular weight excluding hydrogens is 392 g/mol. The van der Waals surface area contributed by atoms with Crippen LogP contribution in [0.25, 0.3) is 10.9 Å². The Hall–Kier alpha value is -2.90. The summed E-state index contributed by atoms with van der Waals surface area (Å²) in [4.78, 5) is 8.07. The van der Waals surface area contributed by atoms with Crippen LogP contribution in [0.5, 0.6) is 11.5 Å². The van der Waals surface area contributed by atoms with Crippen molar-refractivity contribution >= 4 is 33.4 Å². The zero-order valence-corrected chi connectivity index (χ0v) is 16.9. The highest BCUT2D eigenvalue weighted by Crippen LogP contribution is 2.35. The molecule has 4 aromatic rings. The van der Waals surface area contributed by atoms with Crippen molar-refractivity contribution in [2.45, 2.75) is 28.5 Å². The second kappa shape index (κ2) is 6.92. The van der Waals surface area contributed by atoms with Gasteiger partial charge in [0.1, 0.15) is 11.5 Å². The van der Waals surface area contributed by atoms with E-state index in [1.54, 1.807) is 6.07 Å². The fourth-order valence-electron chi connectivity index (χ4n) is 3.19. The number of H-pyrrole nitrogens is 1. The Bertz CT molecular complexity index is 1260. The number of aryl methyl sites for hydroxylation is 2. The third kappa shape index (κ3) is 3.23. The number of benzene rings is 2. The first-order chi connectivity index (χ1) is 13.4. The van der Waals surface area contributed by atoms with Crippen molar-refractivity contribution < 1.29 is 13.2 Å². The zero-order chi connectivity index (χ0) is 19.9. The summed E-state index contributed by atoms with van der Waals surface area (Å²) < 4.78 is 32.1. The van der Waals surface area contributed by atoms with Gasteiger partial charge in [0.15, 0.2) is 0 Å². The Morgan fingerprint density at radius 1 is 1.00 bits per heavy atom. The lowest BCUT2D eigenvalue weighted by Crippen LogP contribution is -2.01. The molecule has 0 aliphatic rings. The monoisotopic (exact) mass is 409 g/mol. The second-order valence-corrected chi connectivity index (χ2v) is 8.92. The number of rotatable bonds is 4. The molecule has 0 spiro atoms. The lowest BCUT2D eigenvalue weighted by Gasteiger charge is -2.12. The molecule has 0 fully saturated rings. The Kier molecular flexibility index (Phi) is 4.56. The number of fused-ring (bicyclic) bond motifs is 1. The number of nitrogens with zero attached hydrogens (tertiary/aromatic N) is 1. The molecule has 0 aliphatic heterocycles. The van der Waals surface area contributed by atoms with Crippen LogP contribution >= 0.6 is 12.6 Å².